The van der Waals surface area contributed by atoms with Gasteiger partial charge in [0.2, 0.25) is 0 Å². The number of benzene rings is 17. The van der Waals surface area contributed by atoms with Crippen LogP contribution in [0.5, 0.6) is 0 Å². The topological polar surface area (TPSA) is 6.48 Å². The quantitative estimate of drug-likeness (QED) is 0.147. The van der Waals surface area contributed by atoms with E-state index in [1.807, 2.05) is 0 Å². The van der Waals surface area contributed by atoms with Crippen molar-refractivity contribution in [1.82, 2.24) is 0 Å². The molecule has 22 rings (SSSR count). The molecule has 17 aromatic carbocycles. The highest BCUT2D eigenvalue weighted by Gasteiger charge is 2.55. The minimum atomic E-state index is -0.640. The number of rotatable bonds is 7. The zero-order chi connectivity index (χ0) is 67.5. The zero-order valence-electron chi connectivity index (χ0n) is 56.3. The molecule has 2 heterocycles. The van der Waals surface area contributed by atoms with Crippen LogP contribution < -0.4 is 9.80 Å². The van der Waals surface area contributed by atoms with Crippen LogP contribution in [0.2, 0.25) is 0 Å². The van der Waals surface area contributed by atoms with E-state index in [-0.39, 0.29) is 0 Å². The van der Waals surface area contributed by atoms with Gasteiger partial charge >= 0.3 is 0 Å². The lowest BCUT2D eigenvalue weighted by Crippen LogP contribution is -2.36. The number of hydrogen-bond donors (Lipinski definition) is 0. The van der Waals surface area contributed by atoms with E-state index in [2.05, 4.69) is 398 Å². The highest BCUT2D eigenvalue weighted by atomic mass is 15.2. The minimum absolute atomic E-state index is 0.605. The van der Waals surface area contributed by atoms with E-state index < -0.39 is 16.2 Å². The second-order valence-electron chi connectivity index (χ2n) is 28.3. The van der Waals surface area contributed by atoms with Crippen molar-refractivity contribution in [1.29, 1.82) is 0 Å². The highest BCUT2D eigenvalue weighted by Crippen LogP contribution is 2.68. The lowest BCUT2D eigenvalue weighted by molar-refractivity contribution is 0.753. The molecular formula is C101H64N2. The van der Waals surface area contributed by atoms with Crippen LogP contribution in [-0.4, -0.2) is 0 Å². The van der Waals surface area contributed by atoms with E-state index in [4.69, 9.17) is 0 Å². The van der Waals surface area contributed by atoms with Crippen LogP contribution in [0.3, 0.4) is 0 Å². The molecule has 0 aromatic heterocycles. The van der Waals surface area contributed by atoms with Gasteiger partial charge in [-0.05, 0) is 210 Å². The molecule has 2 aliphatic heterocycles. The van der Waals surface area contributed by atoms with Gasteiger partial charge in [-0.3, -0.25) is 0 Å². The summed E-state index contributed by atoms with van der Waals surface area (Å²) in [6, 6.07) is 147. The van der Waals surface area contributed by atoms with Crippen LogP contribution in [0.1, 0.15) is 66.8 Å². The SMILES string of the molecule is c1ccc(N2c3ccccc3C3(c4ccccc4-c4c(-c5cccc6c(-c7cccc8c7-c7ccccc7C8(c7ccccc7)c7ccccc7)c7cccc(-c8cccc9c8-c8ccccc8C98c9ccccc9N(c9ccccc9)c9ccccc98)c7cc56)cccc43)c3ccccc32)cc1. The molecule has 3 aliphatic carbocycles. The predicted molar refractivity (Wildman–Crippen MR) is 426 cm³/mol. The van der Waals surface area contributed by atoms with Gasteiger partial charge in [0.05, 0.1) is 39.0 Å². The van der Waals surface area contributed by atoms with E-state index in [9.17, 15) is 0 Å². The average Bonchev–Trinajstić information content (AvgIpc) is 1.56. The smallest absolute Gasteiger partial charge is 0.0754 e. The van der Waals surface area contributed by atoms with Crippen molar-refractivity contribution in [3.63, 3.8) is 0 Å². The summed E-state index contributed by atoms with van der Waals surface area (Å²) in [5, 5.41) is 4.81. The molecule has 17 aromatic rings. The summed E-state index contributed by atoms with van der Waals surface area (Å²) in [5.41, 5.74) is 35.2. The molecule has 0 fully saturated rings. The van der Waals surface area contributed by atoms with Gasteiger partial charge in [0, 0.05) is 11.4 Å². The molecule has 2 heteroatoms. The monoisotopic (exact) mass is 1300 g/mol. The number of fused-ring (bicyclic) bond motifs is 23. The molecule has 0 atom stereocenters. The van der Waals surface area contributed by atoms with Gasteiger partial charge in [-0.2, -0.15) is 0 Å². The summed E-state index contributed by atoms with van der Waals surface area (Å²) in [6.07, 6.45) is 0. The van der Waals surface area contributed by atoms with Gasteiger partial charge in [-0.1, -0.05) is 334 Å². The fourth-order valence-corrected chi connectivity index (χ4v) is 20.1. The first-order valence-electron chi connectivity index (χ1n) is 36.1. The van der Waals surface area contributed by atoms with Gasteiger partial charge in [-0.25, -0.2) is 0 Å². The van der Waals surface area contributed by atoms with Gasteiger partial charge in [0.25, 0.3) is 0 Å². The molecule has 0 saturated carbocycles. The minimum Gasteiger partial charge on any atom is -0.310 e. The molecule has 478 valence electrons. The summed E-state index contributed by atoms with van der Waals surface area (Å²) < 4.78 is 0. The molecule has 0 bridgehead atoms. The van der Waals surface area contributed by atoms with Crippen molar-refractivity contribution >= 4 is 55.7 Å². The summed E-state index contributed by atoms with van der Waals surface area (Å²) in [5.74, 6) is 0. The molecule has 2 spiro atoms. The standard InChI is InChI=1S/C101H64N2/c1-5-32-65(33-6-1)99(66-34-7-2-8-35-66)81-50-16-13-40-75(81)98-78(49-31-57-88(98)99)95-73-45-27-43-69(71-47-29-58-89-96(71)76-41-14-17-51-82(76)100(89)84-53-19-23-60-91(84)102(67-36-9-3-10-37-67)92-61-24-20-54-85(92)100)79(73)64-80-70(44-28-46-74(80)95)72-48-30-59-90-97(72)77-42-15-18-52-83(77)101(90)86-55-21-25-62-93(86)103(68-38-11-4-12-39-68)94-63-26-22-56-87(94)101/h1-64H. The molecule has 5 aliphatic rings. The van der Waals surface area contributed by atoms with Gasteiger partial charge in [-0.15, -0.1) is 0 Å². The lowest BCUT2D eigenvalue weighted by atomic mass is 9.64. The molecule has 103 heavy (non-hydrogen) atoms. The van der Waals surface area contributed by atoms with Crippen molar-refractivity contribution < 1.29 is 0 Å². The average molecular weight is 1310 g/mol. The van der Waals surface area contributed by atoms with Gasteiger partial charge in [0.15, 0.2) is 0 Å². The van der Waals surface area contributed by atoms with E-state index in [0.717, 1.165) is 11.4 Å². The van der Waals surface area contributed by atoms with E-state index in [1.54, 1.807) is 0 Å². The van der Waals surface area contributed by atoms with Crippen molar-refractivity contribution in [3.05, 3.63) is 455 Å². The first kappa shape index (κ1) is 57.7. The fraction of sp³-hybridized carbons (Fsp3) is 0.0297. The number of hydrogen-bond acceptors (Lipinski definition) is 2. The Morgan fingerprint density at radius 2 is 0.417 bits per heavy atom. The third-order valence-corrected chi connectivity index (χ3v) is 23.7. The third-order valence-electron chi connectivity index (χ3n) is 23.7. The maximum Gasteiger partial charge on any atom is 0.0754 e. The third kappa shape index (κ3) is 7.56. The summed E-state index contributed by atoms with van der Waals surface area (Å²) in [6.45, 7) is 0. The summed E-state index contributed by atoms with van der Waals surface area (Å²) in [4.78, 5) is 4.95. The molecule has 2 nitrogen and oxygen atoms in total. The van der Waals surface area contributed by atoms with Crippen LogP contribution in [0.25, 0.3) is 88.3 Å². The Kier molecular flexibility index (Phi) is 12.3. The Balaban J connectivity index is 0.849. The van der Waals surface area contributed by atoms with Crippen molar-refractivity contribution in [2.75, 3.05) is 9.80 Å². The lowest BCUT2D eigenvalue weighted by Gasteiger charge is -2.45. The van der Waals surface area contributed by atoms with Crippen molar-refractivity contribution in [2.24, 2.45) is 0 Å². The maximum atomic E-state index is 2.59. The molecule has 0 unspecified atom stereocenters. The van der Waals surface area contributed by atoms with Crippen molar-refractivity contribution in [3.8, 4) is 66.8 Å². The van der Waals surface area contributed by atoms with Gasteiger partial charge < -0.3 is 9.80 Å². The second-order valence-corrected chi connectivity index (χ2v) is 28.3. The van der Waals surface area contributed by atoms with Crippen LogP contribution >= 0.6 is 0 Å². The Morgan fingerprint density at radius 3 is 0.806 bits per heavy atom. The van der Waals surface area contributed by atoms with E-state index in [1.165, 1.54) is 178 Å². The van der Waals surface area contributed by atoms with E-state index in [0.29, 0.717) is 0 Å². The Bertz CT molecular complexity index is 5960. The van der Waals surface area contributed by atoms with Crippen LogP contribution in [0, 0.1) is 0 Å². The molecule has 0 saturated heterocycles. The molecular weight excluding hydrogens is 1240 g/mol. The number of para-hydroxylation sites is 6. The van der Waals surface area contributed by atoms with Crippen LogP contribution in [0.15, 0.2) is 388 Å². The number of anilines is 6. The second kappa shape index (κ2) is 21.9. The van der Waals surface area contributed by atoms with Crippen LogP contribution in [0.4, 0.5) is 34.1 Å². The largest absolute Gasteiger partial charge is 0.310 e. The Labute approximate surface area is 599 Å². The number of nitrogens with zero attached hydrogens (tertiary/aromatic N) is 2. The summed E-state index contributed by atoms with van der Waals surface area (Å²) in [7, 11) is 0. The van der Waals surface area contributed by atoms with Crippen LogP contribution in [-0.2, 0) is 16.2 Å². The Hall–Kier alpha value is -13.1. The molecule has 0 radical (unpaired) electrons. The first-order valence-corrected chi connectivity index (χ1v) is 36.1. The Morgan fingerprint density at radius 1 is 0.155 bits per heavy atom. The predicted octanol–water partition coefficient (Wildman–Crippen LogP) is 25.6. The maximum absolute atomic E-state index is 2.59. The fourth-order valence-electron chi connectivity index (χ4n) is 20.1. The van der Waals surface area contributed by atoms with Gasteiger partial charge in [0.1, 0.15) is 0 Å². The van der Waals surface area contributed by atoms with Crippen molar-refractivity contribution in [2.45, 2.75) is 16.2 Å². The first-order chi connectivity index (χ1) is 51.2. The normalized spacial score (nSPS) is 14.4. The zero-order valence-corrected chi connectivity index (χ0v) is 56.3. The molecule has 0 amide bonds. The highest BCUT2D eigenvalue weighted by molar-refractivity contribution is 6.22. The van der Waals surface area contributed by atoms with E-state index >= 15 is 0 Å². The molecule has 0 N–H and O–H groups in total. The summed E-state index contributed by atoms with van der Waals surface area (Å²) >= 11 is 0.